The van der Waals surface area contributed by atoms with Crippen LogP contribution in [-0.4, -0.2) is 57.1 Å². The van der Waals surface area contributed by atoms with Crippen molar-refractivity contribution >= 4 is 39.1 Å². The van der Waals surface area contributed by atoms with Crippen LogP contribution in [0.15, 0.2) is 42.5 Å². The van der Waals surface area contributed by atoms with E-state index in [1.165, 1.54) is 24.1 Å². The average Bonchev–Trinajstić information content (AvgIpc) is 3.34. The molecule has 2 aromatic rings. The number of carbonyl (C=O) groups is 2. The quantitative estimate of drug-likeness (QED) is 0.451. The summed E-state index contributed by atoms with van der Waals surface area (Å²) in [7, 11) is -2.39. The largest absolute Gasteiger partial charge is 0.495 e. The molecule has 1 atom stereocenters. The van der Waals surface area contributed by atoms with E-state index in [2.05, 4.69) is 5.32 Å². The second-order valence-electron chi connectivity index (χ2n) is 9.51. The van der Waals surface area contributed by atoms with Crippen LogP contribution in [0.3, 0.4) is 0 Å². The molecule has 0 aliphatic heterocycles. The highest BCUT2D eigenvalue weighted by Gasteiger charge is 2.33. The van der Waals surface area contributed by atoms with Crippen molar-refractivity contribution in [1.29, 1.82) is 0 Å². The van der Waals surface area contributed by atoms with Gasteiger partial charge in [0.25, 0.3) is 0 Å². The van der Waals surface area contributed by atoms with Gasteiger partial charge in [0, 0.05) is 12.6 Å². The van der Waals surface area contributed by atoms with Gasteiger partial charge in [0.15, 0.2) is 0 Å². The first-order valence-corrected chi connectivity index (χ1v) is 14.7. The third-order valence-corrected chi connectivity index (χ3v) is 8.06. The number of nitrogens with zero attached hydrogens (tertiary/aromatic N) is 2. The maximum absolute atomic E-state index is 13.8. The van der Waals surface area contributed by atoms with Crippen molar-refractivity contribution in [3.8, 4) is 5.75 Å². The lowest BCUT2D eigenvalue weighted by molar-refractivity contribution is -0.140. The number of rotatable bonds is 11. The summed E-state index contributed by atoms with van der Waals surface area (Å²) in [4.78, 5) is 28.6. The Labute approximate surface area is 225 Å². The number of halogens is 1. The lowest BCUT2D eigenvalue weighted by Crippen LogP contribution is -2.53. The van der Waals surface area contributed by atoms with Crippen LogP contribution >= 0.6 is 11.6 Å². The summed E-state index contributed by atoms with van der Waals surface area (Å²) in [5, 5.41) is 3.32. The zero-order valence-corrected chi connectivity index (χ0v) is 23.4. The number of aryl methyl sites for hydroxylation is 1. The molecule has 1 saturated carbocycles. The first-order chi connectivity index (χ1) is 17.5. The summed E-state index contributed by atoms with van der Waals surface area (Å²) in [5.41, 5.74) is 2.12. The molecule has 1 fully saturated rings. The molecule has 1 N–H and O–H groups in total. The molecule has 202 valence electrons. The number of hydrogen-bond acceptors (Lipinski definition) is 5. The van der Waals surface area contributed by atoms with Gasteiger partial charge in [-0.15, -0.1) is 0 Å². The highest BCUT2D eigenvalue weighted by molar-refractivity contribution is 7.92. The molecule has 0 saturated heterocycles. The zero-order chi connectivity index (χ0) is 27.2. The highest BCUT2D eigenvalue weighted by atomic mass is 35.5. The first-order valence-electron chi connectivity index (χ1n) is 12.5. The number of anilines is 1. The topological polar surface area (TPSA) is 96.0 Å². The van der Waals surface area contributed by atoms with Gasteiger partial charge in [0.05, 0.1) is 24.1 Å². The van der Waals surface area contributed by atoms with Crippen LogP contribution in [-0.2, 0) is 26.2 Å². The van der Waals surface area contributed by atoms with Gasteiger partial charge in [0.2, 0.25) is 21.8 Å². The van der Waals surface area contributed by atoms with Crippen molar-refractivity contribution in [2.24, 2.45) is 0 Å². The molecule has 3 rings (SSSR count). The Hall–Kier alpha value is -2.78. The van der Waals surface area contributed by atoms with E-state index in [4.69, 9.17) is 16.3 Å². The molecule has 2 aromatic carbocycles. The van der Waals surface area contributed by atoms with Crippen LogP contribution in [0.4, 0.5) is 5.69 Å². The molecule has 0 spiro atoms. The molecule has 1 aliphatic rings. The fourth-order valence-electron chi connectivity index (χ4n) is 4.72. The van der Waals surface area contributed by atoms with E-state index in [-0.39, 0.29) is 29.2 Å². The molecule has 0 bridgehead atoms. The molecule has 1 unspecified atom stereocenters. The van der Waals surface area contributed by atoms with Crippen LogP contribution in [0.2, 0.25) is 5.02 Å². The molecule has 1 aliphatic carbocycles. The minimum absolute atomic E-state index is 0.103. The summed E-state index contributed by atoms with van der Waals surface area (Å²) in [6, 6.07) is 11.6. The molecule has 10 heteroatoms. The maximum Gasteiger partial charge on any atom is 0.244 e. The van der Waals surface area contributed by atoms with E-state index < -0.39 is 28.5 Å². The predicted octanol–water partition coefficient (Wildman–Crippen LogP) is 4.29. The average molecular weight is 550 g/mol. The fraction of sp³-hybridized carbons (Fsp3) is 0.481. The van der Waals surface area contributed by atoms with Crippen molar-refractivity contribution in [3.63, 3.8) is 0 Å². The van der Waals surface area contributed by atoms with Crippen LogP contribution in [0.1, 0.15) is 50.2 Å². The van der Waals surface area contributed by atoms with E-state index in [0.29, 0.717) is 12.2 Å². The van der Waals surface area contributed by atoms with E-state index in [9.17, 15) is 18.0 Å². The van der Waals surface area contributed by atoms with Crippen molar-refractivity contribution < 1.29 is 22.7 Å². The zero-order valence-electron chi connectivity index (χ0n) is 21.9. The monoisotopic (exact) mass is 549 g/mol. The number of nitrogens with one attached hydrogen (secondary N) is 1. The number of benzene rings is 2. The van der Waals surface area contributed by atoms with Gasteiger partial charge in [-0.3, -0.25) is 13.9 Å². The normalized spacial score (nSPS) is 14.7. The van der Waals surface area contributed by atoms with Gasteiger partial charge in [-0.25, -0.2) is 8.42 Å². The van der Waals surface area contributed by atoms with E-state index >= 15 is 0 Å². The van der Waals surface area contributed by atoms with Crippen molar-refractivity contribution in [2.75, 3.05) is 24.2 Å². The van der Waals surface area contributed by atoms with Crippen LogP contribution in [0.25, 0.3) is 0 Å². The second kappa shape index (κ2) is 12.6. The van der Waals surface area contributed by atoms with E-state index in [1.54, 1.807) is 6.07 Å². The Bertz CT molecular complexity index is 1210. The first kappa shape index (κ1) is 28.8. The van der Waals surface area contributed by atoms with Gasteiger partial charge >= 0.3 is 0 Å². The maximum atomic E-state index is 13.8. The Morgan fingerprint density at radius 1 is 1.16 bits per heavy atom. The lowest BCUT2D eigenvalue weighted by Gasteiger charge is -2.33. The van der Waals surface area contributed by atoms with Gasteiger partial charge < -0.3 is 15.0 Å². The third-order valence-electron chi connectivity index (χ3n) is 6.63. The standard InChI is InChI=1S/C27H36ClN3O5S/c1-5-24(27(33)29-21-11-6-7-12-21)30(17-20-10-8-9-19(2)15-20)26(32)18-31(37(4,34)35)22-13-14-25(36-3)23(28)16-22/h8-10,13-16,21,24H,5-7,11-12,17-18H2,1-4H3,(H,29,33). The Morgan fingerprint density at radius 3 is 2.43 bits per heavy atom. The lowest BCUT2D eigenvalue weighted by atomic mass is 10.1. The smallest absolute Gasteiger partial charge is 0.244 e. The third kappa shape index (κ3) is 7.61. The molecule has 0 aromatic heterocycles. The van der Waals surface area contributed by atoms with Crippen LogP contribution in [0, 0.1) is 6.92 Å². The Kier molecular flexibility index (Phi) is 9.84. The molecular weight excluding hydrogens is 514 g/mol. The van der Waals surface area contributed by atoms with E-state index in [0.717, 1.165) is 47.4 Å². The molecule has 0 radical (unpaired) electrons. The predicted molar refractivity (Wildman–Crippen MR) is 146 cm³/mol. The molecule has 37 heavy (non-hydrogen) atoms. The van der Waals surface area contributed by atoms with Gasteiger partial charge in [-0.05, 0) is 49.9 Å². The minimum atomic E-state index is -3.85. The summed E-state index contributed by atoms with van der Waals surface area (Å²) in [6.45, 7) is 3.52. The molecule has 8 nitrogen and oxygen atoms in total. The van der Waals surface area contributed by atoms with E-state index in [1.807, 2.05) is 38.1 Å². The number of hydrogen-bond donors (Lipinski definition) is 1. The van der Waals surface area contributed by atoms with Gasteiger partial charge in [-0.1, -0.05) is 61.2 Å². The van der Waals surface area contributed by atoms with Crippen LogP contribution < -0.4 is 14.4 Å². The molecular formula is C27H36ClN3O5S. The summed E-state index contributed by atoms with van der Waals surface area (Å²) in [6.07, 6.45) is 5.42. The molecule has 0 heterocycles. The van der Waals surface area contributed by atoms with Crippen LogP contribution in [0.5, 0.6) is 5.75 Å². The van der Waals surface area contributed by atoms with Crippen molar-refractivity contribution in [1.82, 2.24) is 10.2 Å². The summed E-state index contributed by atoms with van der Waals surface area (Å²) >= 11 is 6.25. The van der Waals surface area contributed by atoms with Gasteiger partial charge in [0.1, 0.15) is 18.3 Å². The van der Waals surface area contributed by atoms with Crippen molar-refractivity contribution in [3.05, 3.63) is 58.6 Å². The number of methoxy groups -OCH3 is 1. The highest BCUT2D eigenvalue weighted by Crippen LogP contribution is 2.30. The SMILES string of the molecule is CCC(C(=O)NC1CCCC1)N(Cc1cccc(C)c1)C(=O)CN(c1ccc(OC)c(Cl)c1)S(C)(=O)=O. The minimum Gasteiger partial charge on any atom is -0.495 e. The Morgan fingerprint density at radius 2 is 1.86 bits per heavy atom. The number of amides is 2. The second-order valence-corrected chi connectivity index (χ2v) is 11.8. The van der Waals surface area contributed by atoms with Gasteiger partial charge in [-0.2, -0.15) is 0 Å². The fourth-order valence-corrected chi connectivity index (χ4v) is 5.81. The number of sulfonamides is 1. The number of carbonyl (C=O) groups excluding carboxylic acids is 2. The molecule has 2 amide bonds. The summed E-state index contributed by atoms with van der Waals surface area (Å²) < 4.78 is 31.7. The van der Waals surface area contributed by atoms with Crippen molar-refractivity contribution in [2.45, 2.75) is 64.6 Å². The Balaban J connectivity index is 1.94. The summed E-state index contributed by atoms with van der Waals surface area (Å²) in [5.74, 6) is -0.304. The number of ether oxygens (including phenoxy) is 1.